The maximum Gasteiger partial charge on any atom is 0.220 e. The number of nitro groups is 1. The lowest BCUT2D eigenvalue weighted by atomic mass is 10.1. The molecule has 4 aromatic rings. The lowest BCUT2D eigenvalue weighted by Crippen LogP contribution is -2.11. The van der Waals surface area contributed by atoms with Gasteiger partial charge in [0.2, 0.25) is 6.54 Å². The Morgan fingerprint density at radius 3 is 2.50 bits per heavy atom. The van der Waals surface area contributed by atoms with Crippen molar-refractivity contribution in [3.63, 3.8) is 0 Å². The molecule has 36 heavy (non-hydrogen) atoms. The van der Waals surface area contributed by atoms with Gasteiger partial charge in [-0.05, 0) is 67.8 Å². The van der Waals surface area contributed by atoms with Crippen LogP contribution in [-0.2, 0) is 6.61 Å². The van der Waals surface area contributed by atoms with Crippen molar-refractivity contribution in [1.29, 1.82) is 5.26 Å². The van der Waals surface area contributed by atoms with Crippen LogP contribution in [0.2, 0.25) is 0 Å². The van der Waals surface area contributed by atoms with Crippen LogP contribution in [0.5, 0.6) is 5.75 Å². The fourth-order valence-corrected chi connectivity index (χ4v) is 4.92. The van der Waals surface area contributed by atoms with Crippen LogP contribution in [0, 0.1) is 42.2 Å². The summed E-state index contributed by atoms with van der Waals surface area (Å²) in [6, 6.07) is 22.8. The molecule has 1 heterocycles. The van der Waals surface area contributed by atoms with Gasteiger partial charge >= 0.3 is 0 Å². The molecule has 0 aliphatic rings. The second kappa shape index (κ2) is 11.1. The average Bonchev–Trinajstić information content (AvgIpc) is 3.24. The first-order valence-electron chi connectivity index (χ1n) is 11.3. The molecule has 4 rings (SSSR count). The van der Waals surface area contributed by atoms with Crippen molar-refractivity contribution in [2.24, 2.45) is 0 Å². The molecular formula is C27H25N5O3S. The molecule has 0 bridgehead atoms. The molecule has 0 amide bonds. The third kappa shape index (κ3) is 5.73. The van der Waals surface area contributed by atoms with Crippen molar-refractivity contribution in [1.82, 2.24) is 14.8 Å². The van der Waals surface area contributed by atoms with E-state index in [4.69, 9.17) is 4.74 Å². The Labute approximate surface area is 213 Å². The van der Waals surface area contributed by atoms with Crippen LogP contribution in [0.25, 0.3) is 5.69 Å². The second-order valence-corrected chi connectivity index (χ2v) is 9.55. The number of aryl methyl sites for hydroxylation is 3. The van der Waals surface area contributed by atoms with Crippen molar-refractivity contribution in [2.45, 2.75) is 37.8 Å². The third-order valence-corrected chi connectivity index (χ3v) is 7.07. The number of hydrogen-bond donors (Lipinski definition) is 0. The molecule has 182 valence electrons. The van der Waals surface area contributed by atoms with Crippen LogP contribution in [0.3, 0.4) is 0 Å². The molecule has 0 unspecified atom stereocenters. The normalized spacial score (nSPS) is 11.6. The maximum atomic E-state index is 11.5. The minimum Gasteiger partial charge on any atom is -0.489 e. The van der Waals surface area contributed by atoms with E-state index in [1.165, 1.54) is 17.3 Å². The standard InChI is InChI=1S/C27H25N5O3S/c1-18-8-11-24(14-19(18)2)32-20(3)29-30-27(32)36-26(16-31(33)34)21-9-12-25(13-10-21)35-17-23-7-5-4-6-22(23)15-28/h4-14,26H,16-17H2,1-3H3/t26-/m1/s1. The van der Waals surface area contributed by atoms with E-state index >= 15 is 0 Å². The molecule has 8 nitrogen and oxygen atoms in total. The Hall–Kier alpha value is -4.16. The minimum absolute atomic E-state index is 0.258. The molecule has 0 fully saturated rings. The van der Waals surface area contributed by atoms with Gasteiger partial charge in [0.05, 0.1) is 11.6 Å². The molecule has 0 radical (unpaired) electrons. The van der Waals surface area contributed by atoms with Crippen LogP contribution in [0.15, 0.2) is 71.9 Å². The Morgan fingerprint density at radius 1 is 1.06 bits per heavy atom. The van der Waals surface area contributed by atoms with Gasteiger partial charge in [0, 0.05) is 16.2 Å². The molecule has 0 saturated carbocycles. The molecule has 0 saturated heterocycles. The van der Waals surface area contributed by atoms with Crippen molar-refractivity contribution < 1.29 is 9.66 Å². The monoisotopic (exact) mass is 499 g/mol. The van der Waals surface area contributed by atoms with Gasteiger partial charge in [-0.3, -0.25) is 14.7 Å². The van der Waals surface area contributed by atoms with Crippen molar-refractivity contribution in [2.75, 3.05) is 6.54 Å². The van der Waals surface area contributed by atoms with E-state index < -0.39 is 5.25 Å². The zero-order valence-corrected chi connectivity index (χ0v) is 21.0. The van der Waals surface area contributed by atoms with Crippen molar-refractivity contribution >= 4 is 11.8 Å². The largest absolute Gasteiger partial charge is 0.489 e. The summed E-state index contributed by atoms with van der Waals surface area (Å²) >= 11 is 1.31. The second-order valence-electron chi connectivity index (χ2n) is 8.38. The van der Waals surface area contributed by atoms with E-state index in [2.05, 4.69) is 29.3 Å². The molecule has 9 heteroatoms. The van der Waals surface area contributed by atoms with Crippen LogP contribution < -0.4 is 4.74 Å². The summed E-state index contributed by atoms with van der Waals surface area (Å²) in [5.41, 5.74) is 5.40. The Kier molecular flexibility index (Phi) is 7.66. The van der Waals surface area contributed by atoms with Crippen molar-refractivity contribution in [3.8, 4) is 17.5 Å². The number of nitriles is 1. The van der Waals surface area contributed by atoms with Gasteiger partial charge in [-0.25, -0.2) is 0 Å². The molecule has 1 aromatic heterocycles. The van der Waals surface area contributed by atoms with E-state index in [0.29, 0.717) is 22.3 Å². The molecule has 1 atom stereocenters. The topological polar surface area (TPSA) is 107 Å². The number of ether oxygens (including phenoxy) is 1. The fraction of sp³-hybridized carbons (Fsp3) is 0.222. The molecule has 0 aliphatic heterocycles. The van der Waals surface area contributed by atoms with E-state index in [9.17, 15) is 15.4 Å². The maximum absolute atomic E-state index is 11.5. The van der Waals surface area contributed by atoms with Gasteiger partial charge in [-0.1, -0.05) is 48.2 Å². The van der Waals surface area contributed by atoms with Crippen LogP contribution >= 0.6 is 11.8 Å². The van der Waals surface area contributed by atoms with E-state index in [0.717, 1.165) is 22.4 Å². The Morgan fingerprint density at radius 2 is 1.81 bits per heavy atom. The van der Waals surface area contributed by atoms with Crippen LogP contribution in [0.1, 0.15) is 38.9 Å². The Bertz CT molecular complexity index is 1430. The number of hydrogen-bond acceptors (Lipinski definition) is 7. The lowest BCUT2D eigenvalue weighted by molar-refractivity contribution is -0.479. The first kappa shape index (κ1) is 24.9. The summed E-state index contributed by atoms with van der Waals surface area (Å²) < 4.78 is 7.78. The molecule has 0 aliphatic carbocycles. The zero-order chi connectivity index (χ0) is 25.7. The number of aromatic nitrogens is 3. The summed E-state index contributed by atoms with van der Waals surface area (Å²) in [5, 5.41) is 29.4. The minimum atomic E-state index is -0.470. The number of benzene rings is 3. The molecular weight excluding hydrogens is 474 g/mol. The highest BCUT2D eigenvalue weighted by molar-refractivity contribution is 7.99. The summed E-state index contributed by atoms with van der Waals surface area (Å²) in [6.45, 7) is 5.96. The first-order chi connectivity index (χ1) is 17.4. The van der Waals surface area contributed by atoms with Gasteiger partial charge in [-0.2, -0.15) is 5.26 Å². The molecule has 0 spiro atoms. The van der Waals surface area contributed by atoms with E-state index in [-0.39, 0.29) is 18.1 Å². The zero-order valence-electron chi connectivity index (χ0n) is 20.2. The summed E-state index contributed by atoms with van der Waals surface area (Å²) in [5.74, 6) is 1.33. The number of thioether (sulfide) groups is 1. The lowest BCUT2D eigenvalue weighted by Gasteiger charge is -2.15. The summed E-state index contributed by atoms with van der Waals surface area (Å²) in [4.78, 5) is 11.2. The summed E-state index contributed by atoms with van der Waals surface area (Å²) in [7, 11) is 0. The van der Waals surface area contributed by atoms with Gasteiger partial charge in [0.1, 0.15) is 23.4 Å². The van der Waals surface area contributed by atoms with Gasteiger partial charge < -0.3 is 4.74 Å². The number of rotatable bonds is 9. The third-order valence-electron chi connectivity index (χ3n) is 5.89. The Balaban J connectivity index is 1.55. The van der Waals surface area contributed by atoms with Gasteiger partial charge in [0.15, 0.2) is 5.16 Å². The smallest absolute Gasteiger partial charge is 0.220 e. The van der Waals surface area contributed by atoms with Crippen molar-refractivity contribution in [3.05, 3.63) is 110 Å². The van der Waals surface area contributed by atoms with E-state index in [1.54, 1.807) is 18.2 Å². The van der Waals surface area contributed by atoms with Gasteiger partial charge in [-0.15, -0.1) is 10.2 Å². The highest BCUT2D eigenvalue weighted by atomic mass is 32.2. The fourth-order valence-electron chi connectivity index (χ4n) is 3.75. The van der Waals surface area contributed by atoms with Crippen LogP contribution in [-0.4, -0.2) is 26.2 Å². The SMILES string of the molecule is Cc1ccc(-n2c(C)nnc2S[C@H](C[N+](=O)[O-])c2ccc(OCc3ccccc3C#N)cc2)cc1C. The van der Waals surface area contributed by atoms with E-state index in [1.807, 2.05) is 60.9 Å². The number of nitrogens with zero attached hydrogens (tertiary/aromatic N) is 5. The van der Waals surface area contributed by atoms with Crippen LogP contribution in [0.4, 0.5) is 0 Å². The van der Waals surface area contributed by atoms with Gasteiger partial charge in [0.25, 0.3) is 0 Å². The highest BCUT2D eigenvalue weighted by Gasteiger charge is 2.24. The molecule has 3 aromatic carbocycles. The highest BCUT2D eigenvalue weighted by Crippen LogP contribution is 2.36. The average molecular weight is 500 g/mol. The quantitative estimate of drug-likeness (QED) is 0.164. The predicted octanol–water partition coefficient (Wildman–Crippen LogP) is 5.75. The predicted molar refractivity (Wildman–Crippen MR) is 138 cm³/mol. The molecule has 0 N–H and O–H groups in total. The first-order valence-corrected chi connectivity index (χ1v) is 12.2. The summed E-state index contributed by atoms with van der Waals surface area (Å²) in [6.07, 6.45) is 0.